The summed E-state index contributed by atoms with van der Waals surface area (Å²) < 4.78 is 17.9. The largest absolute Gasteiger partial charge is 0.462 e. The van der Waals surface area contributed by atoms with E-state index in [9.17, 15) is 9.18 Å². The highest BCUT2D eigenvalue weighted by atomic mass is 35.5. The quantitative estimate of drug-likeness (QED) is 0.604. The van der Waals surface area contributed by atoms with Crippen LogP contribution in [-0.2, 0) is 10.6 Å². The molecular weight excluding hydrogens is 233 g/mol. The van der Waals surface area contributed by atoms with Crippen LogP contribution in [0, 0.1) is 17.1 Å². The predicted molar refractivity (Wildman–Crippen MR) is 56.6 cm³/mol. The first-order valence-electron chi connectivity index (χ1n) is 4.59. The minimum absolute atomic E-state index is 0.00778. The van der Waals surface area contributed by atoms with Crippen molar-refractivity contribution in [2.24, 2.45) is 0 Å². The Morgan fingerprint density at radius 3 is 2.81 bits per heavy atom. The van der Waals surface area contributed by atoms with Gasteiger partial charge < -0.3 is 4.74 Å². The van der Waals surface area contributed by atoms with Crippen LogP contribution in [0.25, 0.3) is 0 Å². The Labute approximate surface area is 97.4 Å². The van der Waals surface area contributed by atoms with Gasteiger partial charge in [0.15, 0.2) is 0 Å². The zero-order chi connectivity index (χ0) is 12.1. The Morgan fingerprint density at radius 1 is 1.62 bits per heavy atom. The maximum Gasteiger partial charge on any atom is 0.338 e. The fraction of sp³-hybridized carbons (Fsp3) is 0.273. The molecule has 1 aromatic carbocycles. The predicted octanol–water partition coefficient (Wildman–Crippen LogP) is 2.61. The Bertz CT molecular complexity index is 454. The summed E-state index contributed by atoms with van der Waals surface area (Å²) >= 11 is 5.63. The van der Waals surface area contributed by atoms with Gasteiger partial charge in [-0.2, -0.15) is 5.26 Å². The van der Waals surface area contributed by atoms with Crippen LogP contribution in [0.3, 0.4) is 0 Å². The van der Waals surface area contributed by atoms with Crippen molar-refractivity contribution < 1.29 is 13.9 Å². The zero-order valence-corrected chi connectivity index (χ0v) is 9.34. The number of rotatable bonds is 3. The summed E-state index contributed by atoms with van der Waals surface area (Å²) in [5.41, 5.74) is 0.357. The lowest BCUT2D eigenvalue weighted by atomic mass is 10.0. The van der Waals surface area contributed by atoms with E-state index in [0.29, 0.717) is 5.56 Å². The molecule has 0 aliphatic rings. The molecule has 0 saturated heterocycles. The van der Waals surface area contributed by atoms with Crippen molar-refractivity contribution in [3.8, 4) is 6.07 Å². The minimum Gasteiger partial charge on any atom is -0.462 e. The van der Waals surface area contributed by atoms with Crippen molar-refractivity contribution in [1.82, 2.24) is 0 Å². The molecule has 0 fully saturated rings. The number of esters is 1. The van der Waals surface area contributed by atoms with Crippen molar-refractivity contribution in [2.45, 2.75) is 12.8 Å². The molecular formula is C11H9ClFNO2. The average Bonchev–Trinajstić information content (AvgIpc) is 2.28. The van der Waals surface area contributed by atoms with Crippen molar-refractivity contribution >= 4 is 17.6 Å². The normalized spacial score (nSPS) is 9.62. The lowest BCUT2D eigenvalue weighted by molar-refractivity contribution is 0.0525. The molecule has 0 aliphatic carbocycles. The van der Waals surface area contributed by atoms with E-state index >= 15 is 0 Å². The minimum atomic E-state index is -0.672. The van der Waals surface area contributed by atoms with Crippen molar-refractivity contribution in [1.29, 1.82) is 5.26 Å². The molecule has 0 aromatic heterocycles. The Balaban J connectivity index is 3.32. The molecule has 0 unspecified atom stereocenters. The van der Waals surface area contributed by atoms with Crippen LogP contribution in [-0.4, -0.2) is 12.6 Å². The number of hydrogen-bond donors (Lipinski definition) is 0. The third-order valence-electron chi connectivity index (χ3n) is 1.96. The van der Waals surface area contributed by atoms with E-state index in [2.05, 4.69) is 0 Å². The zero-order valence-electron chi connectivity index (χ0n) is 8.59. The fourth-order valence-electron chi connectivity index (χ4n) is 1.27. The van der Waals surface area contributed by atoms with Gasteiger partial charge in [0.1, 0.15) is 5.82 Å². The van der Waals surface area contributed by atoms with Gasteiger partial charge >= 0.3 is 5.97 Å². The molecule has 0 bridgehead atoms. The lowest BCUT2D eigenvalue weighted by Gasteiger charge is -2.08. The number of carbonyl (C=O) groups excluding carboxylic acids is 1. The Kier molecular flexibility index (Phi) is 4.27. The summed E-state index contributed by atoms with van der Waals surface area (Å²) in [6, 6.07) is 3.86. The van der Waals surface area contributed by atoms with E-state index < -0.39 is 11.8 Å². The third-order valence-corrected chi connectivity index (χ3v) is 2.23. The fourth-order valence-corrected chi connectivity index (χ4v) is 1.56. The topological polar surface area (TPSA) is 50.1 Å². The summed E-state index contributed by atoms with van der Waals surface area (Å²) in [7, 11) is 0. The molecule has 1 rings (SSSR count). The van der Waals surface area contributed by atoms with Crippen LogP contribution in [0.2, 0.25) is 0 Å². The number of ether oxygens (including phenoxy) is 1. The second kappa shape index (κ2) is 5.47. The number of hydrogen-bond acceptors (Lipinski definition) is 3. The van der Waals surface area contributed by atoms with E-state index in [-0.39, 0.29) is 23.6 Å². The molecule has 5 heteroatoms. The van der Waals surface area contributed by atoms with Gasteiger partial charge in [-0.05, 0) is 24.6 Å². The molecule has 1 aromatic rings. The summed E-state index contributed by atoms with van der Waals surface area (Å²) in [5.74, 6) is -1.38. The molecule has 0 spiro atoms. The SMILES string of the molecule is CCOC(=O)c1cc(F)cc(C#N)c1CCl. The van der Waals surface area contributed by atoms with Crippen LogP contribution in [0.1, 0.15) is 28.4 Å². The second-order valence-electron chi connectivity index (χ2n) is 2.95. The Hall–Kier alpha value is -1.60. The maximum absolute atomic E-state index is 13.1. The molecule has 0 N–H and O–H groups in total. The molecule has 0 radical (unpaired) electrons. The smallest absolute Gasteiger partial charge is 0.338 e. The van der Waals surface area contributed by atoms with E-state index in [0.717, 1.165) is 12.1 Å². The first-order chi connectivity index (χ1) is 7.63. The van der Waals surface area contributed by atoms with Gasteiger partial charge in [0.2, 0.25) is 0 Å². The first kappa shape index (κ1) is 12.5. The summed E-state index contributed by atoms with van der Waals surface area (Å²) in [4.78, 5) is 11.5. The number of carbonyl (C=O) groups is 1. The highest BCUT2D eigenvalue weighted by Crippen LogP contribution is 2.19. The standard InChI is InChI=1S/C11H9ClFNO2/c1-2-16-11(15)9-4-8(13)3-7(6-14)10(9)5-12/h3-4H,2,5H2,1H3. The molecule has 0 atom stereocenters. The number of benzene rings is 1. The van der Waals surface area contributed by atoms with Crippen molar-refractivity contribution in [3.63, 3.8) is 0 Å². The molecule has 84 valence electrons. The highest BCUT2D eigenvalue weighted by Gasteiger charge is 2.17. The molecule has 0 aliphatic heterocycles. The van der Waals surface area contributed by atoms with Crippen molar-refractivity contribution in [3.05, 3.63) is 34.6 Å². The van der Waals surface area contributed by atoms with Gasteiger partial charge in [0, 0.05) is 5.88 Å². The molecule has 0 heterocycles. The molecule has 3 nitrogen and oxygen atoms in total. The van der Waals surface area contributed by atoms with E-state index in [4.69, 9.17) is 21.6 Å². The van der Waals surface area contributed by atoms with Gasteiger partial charge in [-0.15, -0.1) is 11.6 Å². The lowest BCUT2D eigenvalue weighted by Crippen LogP contribution is -2.09. The monoisotopic (exact) mass is 241 g/mol. The van der Waals surface area contributed by atoms with E-state index in [1.165, 1.54) is 0 Å². The van der Waals surface area contributed by atoms with E-state index in [1.807, 2.05) is 0 Å². The number of alkyl halides is 1. The van der Waals surface area contributed by atoms with Crippen molar-refractivity contribution in [2.75, 3.05) is 6.61 Å². The highest BCUT2D eigenvalue weighted by molar-refractivity contribution is 6.17. The van der Waals surface area contributed by atoms with Crippen LogP contribution in [0.4, 0.5) is 4.39 Å². The summed E-state index contributed by atoms with van der Waals surface area (Å²) in [5, 5.41) is 8.78. The average molecular weight is 242 g/mol. The van der Waals surface area contributed by atoms with E-state index in [1.54, 1.807) is 13.0 Å². The van der Waals surface area contributed by atoms with Crippen LogP contribution >= 0.6 is 11.6 Å². The summed E-state index contributed by atoms with van der Waals surface area (Å²) in [6.45, 7) is 1.82. The second-order valence-corrected chi connectivity index (χ2v) is 3.21. The summed E-state index contributed by atoms with van der Waals surface area (Å²) in [6.07, 6.45) is 0. The molecule has 0 saturated carbocycles. The van der Waals surface area contributed by atoms with Gasteiger partial charge in [0.05, 0.1) is 23.8 Å². The van der Waals surface area contributed by atoms with Gasteiger partial charge in [-0.25, -0.2) is 9.18 Å². The van der Waals surface area contributed by atoms with Gasteiger partial charge in [-0.3, -0.25) is 0 Å². The molecule has 0 amide bonds. The number of nitriles is 1. The number of nitrogens with zero attached hydrogens (tertiary/aromatic N) is 1. The van der Waals surface area contributed by atoms with Gasteiger partial charge in [0.25, 0.3) is 0 Å². The van der Waals surface area contributed by atoms with Crippen LogP contribution in [0.5, 0.6) is 0 Å². The van der Waals surface area contributed by atoms with Crippen LogP contribution < -0.4 is 0 Å². The molecule has 16 heavy (non-hydrogen) atoms. The first-order valence-corrected chi connectivity index (χ1v) is 5.13. The van der Waals surface area contributed by atoms with Gasteiger partial charge in [-0.1, -0.05) is 0 Å². The number of halogens is 2. The van der Waals surface area contributed by atoms with Crippen LogP contribution in [0.15, 0.2) is 12.1 Å². The maximum atomic E-state index is 13.1. The Morgan fingerprint density at radius 2 is 2.31 bits per heavy atom. The third kappa shape index (κ3) is 2.50.